The van der Waals surface area contributed by atoms with Gasteiger partial charge in [0.25, 0.3) is 0 Å². The lowest BCUT2D eigenvalue weighted by molar-refractivity contribution is 0.0750. The van der Waals surface area contributed by atoms with Crippen LogP contribution in [0.1, 0.15) is 6.42 Å². The lowest BCUT2D eigenvalue weighted by Crippen LogP contribution is -2.49. The normalized spacial score (nSPS) is 22.8. The Morgan fingerprint density at radius 3 is 2.53 bits per heavy atom. The number of hydrogen-bond donors (Lipinski definition) is 1. The number of hydrogen-bond acceptors (Lipinski definition) is 5. The van der Waals surface area contributed by atoms with Crippen LogP contribution in [0.2, 0.25) is 6.55 Å². The van der Waals surface area contributed by atoms with E-state index in [4.69, 9.17) is 18.3 Å². The second-order valence-electron chi connectivity index (χ2n) is 3.76. The van der Waals surface area contributed by atoms with Gasteiger partial charge in [-0.05, 0) is 13.0 Å². The first-order valence-electron chi connectivity index (χ1n) is 5.10. The molecule has 90 valence electrons. The van der Waals surface area contributed by atoms with Crippen LogP contribution in [-0.2, 0) is 18.3 Å². The highest BCUT2D eigenvalue weighted by Crippen LogP contribution is 2.14. The monoisotopic (exact) mass is 236 g/mol. The highest BCUT2D eigenvalue weighted by atomic mass is 28.4. The van der Waals surface area contributed by atoms with Crippen molar-refractivity contribution in [2.75, 3.05) is 34.0 Å². The molecule has 1 heterocycles. The molecule has 1 rings (SSSR count). The second-order valence-corrected chi connectivity index (χ2v) is 7.27. The van der Waals surface area contributed by atoms with Crippen LogP contribution in [0.3, 0.4) is 0 Å². The first-order chi connectivity index (χ1) is 7.12. The molecule has 1 fully saturated rings. The zero-order valence-corrected chi connectivity index (χ0v) is 10.6. The first kappa shape index (κ1) is 13.1. The van der Waals surface area contributed by atoms with E-state index in [1.807, 2.05) is 6.55 Å². The average molecular weight is 236 g/mol. The fourth-order valence-corrected chi connectivity index (χ4v) is 2.54. The molecule has 5 nitrogen and oxygen atoms in total. The topological polar surface area (TPSA) is 60.5 Å². The van der Waals surface area contributed by atoms with Gasteiger partial charge in [0.05, 0.1) is 18.9 Å². The molecule has 1 aliphatic rings. The van der Waals surface area contributed by atoms with E-state index in [0.717, 1.165) is 6.61 Å². The molecule has 1 N–H and O–H groups in total. The molecule has 15 heavy (non-hydrogen) atoms. The van der Waals surface area contributed by atoms with E-state index in [1.54, 1.807) is 14.2 Å². The van der Waals surface area contributed by atoms with E-state index in [1.165, 1.54) is 0 Å². The van der Waals surface area contributed by atoms with Gasteiger partial charge in [-0.1, -0.05) is 0 Å². The number of ether oxygens (including phenoxy) is 2. The fraction of sp³-hybridized carbons (Fsp3) is 1.00. The second kappa shape index (κ2) is 5.93. The van der Waals surface area contributed by atoms with E-state index < -0.39 is 14.3 Å². The molecule has 0 aromatic carbocycles. The lowest BCUT2D eigenvalue weighted by Gasteiger charge is -2.27. The van der Waals surface area contributed by atoms with Crippen molar-refractivity contribution < 1.29 is 23.4 Å². The van der Waals surface area contributed by atoms with E-state index in [9.17, 15) is 5.11 Å². The highest BCUT2D eigenvalue weighted by molar-refractivity contribution is 6.67. The van der Waals surface area contributed by atoms with Gasteiger partial charge in [0, 0.05) is 20.8 Å². The summed E-state index contributed by atoms with van der Waals surface area (Å²) in [7, 11) is 0.717. The predicted molar refractivity (Wildman–Crippen MR) is 56.8 cm³/mol. The highest BCUT2D eigenvalue weighted by Gasteiger charge is 2.38. The molecule has 0 aromatic heterocycles. The van der Waals surface area contributed by atoms with Gasteiger partial charge < -0.3 is 23.4 Å². The van der Waals surface area contributed by atoms with Crippen molar-refractivity contribution in [2.24, 2.45) is 0 Å². The van der Waals surface area contributed by atoms with E-state index in [-0.39, 0.29) is 6.10 Å². The zero-order valence-electron chi connectivity index (χ0n) is 9.56. The van der Waals surface area contributed by atoms with Gasteiger partial charge in [0.1, 0.15) is 6.10 Å². The van der Waals surface area contributed by atoms with Crippen LogP contribution in [0.15, 0.2) is 0 Å². The molecule has 0 spiro atoms. The van der Waals surface area contributed by atoms with Crippen LogP contribution in [0, 0.1) is 0 Å². The Morgan fingerprint density at radius 1 is 1.47 bits per heavy atom. The molecule has 0 aromatic rings. The van der Waals surface area contributed by atoms with E-state index in [2.05, 4.69) is 0 Å². The number of epoxide rings is 1. The molecule has 0 bridgehead atoms. The SMILES string of the molecule is CO[Si](C)(OC)C(O)CCOCC1CO1. The van der Waals surface area contributed by atoms with Crippen molar-refractivity contribution >= 4 is 8.56 Å². The molecule has 0 saturated carbocycles. The minimum absolute atomic E-state index is 0.274. The van der Waals surface area contributed by atoms with Crippen molar-refractivity contribution in [3.8, 4) is 0 Å². The van der Waals surface area contributed by atoms with Crippen LogP contribution >= 0.6 is 0 Å². The molecule has 6 heteroatoms. The van der Waals surface area contributed by atoms with Gasteiger partial charge in [-0.15, -0.1) is 0 Å². The molecule has 2 atom stereocenters. The molecule has 1 saturated heterocycles. The minimum atomic E-state index is -2.42. The third kappa shape index (κ3) is 4.18. The summed E-state index contributed by atoms with van der Waals surface area (Å²) >= 11 is 0. The first-order valence-corrected chi connectivity index (χ1v) is 7.49. The third-order valence-corrected chi connectivity index (χ3v) is 5.78. The Labute approximate surface area is 91.5 Å². The Bertz CT molecular complexity index is 181. The molecule has 0 amide bonds. The Balaban J connectivity index is 2.12. The van der Waals surface area contributed by atoms with Crippen molar-refractivity contribution in [1.82, 2.24) is 0 Å². The maximum atomic E-state index is 9.85. The Morgan fingerprint density at radius 2 is 2.07 bits per heavy atom. The van der Waals surface area contributed by atoms with Gasteiger partial charge >= 0.3 is 8.56 Å². The van der Waals surface area contributed by atoms with Crippen molar-refractivity contribution in [2.45, 2.75) is 24.8 Å². The molecule has 1 aliphatic heterocycles. The van der Waals surface area contributed by atoms with E-state index >= 15 is 0 Å². The zero-order chi connectivity index (χ0) is 11.3. The van der Waals surface area contributed by atoms with Crippen molar-refractivity contribution in [1.29, 1.82) is 0 Å². The summed E-state index contributed by atoms with van der Waals surface area (Å²) in [5.41, 5.74) is -0.562. The van der Waals surface area contributed by atoms with Crippen molar-refractivity contribution in [3.05, 3.63) is 0 Å². The van der Waals surface area contributed by atoms with Crippen LogP contribution in [0.5, 0.6) is 0 Å². The summed E-state index contributed by atoms with van der Waals surface area (Å²) in [5.74, 6) is 0. The van der Waals surface area contributed by atoms with Gasteiger partial charge in [0.2, 0.25) is 0 Å². The summed E-state index contributed by atoms with van der Waals surface area (Å²) in [5, 5.41) is 9.85. The maximum Gasteiger partial charge on any atom is 0.364 e. The van der Waals surface area contributed by atoms with Gasteiger partial charge in [-0.25, -0.2) is 0 Å². The summed E-state index contributed by atoms with van der Waals surface area (Å²) in [6, 6.07) is 0. The predicted octanol–water partition coefficient (Wildman–Crippen LogP) is 0.0568. The Hall–Kier alpha value is 0.0169. The number of aliphatic hydroxyl groups is 1. The van der Waals surface area contributed by atoms with Crippen LogP contribution < -0.4 is 0 Å². The fourth-order valence-electron chi connectivity index (χ4n) is 1.19. The smallest absolute Gasteiger partial charge is 0.364 e. The van der Waals surface area contributed by atoms with Crippen LogP contribution in [-0.4, -0.2) is 59.5 Å². The summed E-state index contributed by atoms with van der Waals surface area (Å²) < 4.78 is 20.8. The van der Waals surface area contributed by atoms with Crippen molar-refractivity contribution in [3.63, 3.8) is 0 Å². The number of rotatable bonds is 8. The molecular formula is C9H20O5Si. The molecule has 0 radical (unpaired) electrons. The maximum absolute atomic E-state index is 9.85. The summed E-state index contributed by atoms with van der Waals surface area (Å²) in [6.07, 6.45) is 0.813. The van der Waals surface area contributed by atoms with E-state index in [0.29, 0.717) is 19.6 Å². The number of aliphatic hydroxyl groups excluding tert-OH is 1. The standard InChI is InChI=1S/C9H20O5Si/c1-11-15(3,12-2)9(10)4-5-13-6-8-7-14-8/h8-10H,4-7H2,1-3H3. The summed E-state index contributed by atoms with van der Waals surface area (Å²) in [6.45, 7) is 3.76. The van der Waals surface area contributed by atoms with Gasteiger partial charge in [-0.2, -0.15) is 0 Å². The molecule has 2 unspecified atom stereocenters. The Kier molecular flexibility index (Phi) is 5.17. The lowest BCUT2D eigenvalue weighted by atomic mass is 10.5. The molecule has 0 aliphatic carbocycles. The minimum Gasteiger partial charge on any atom is -0.396 e. The quantitative estimate of drug-likeness (QED) is 0.367. The molecular weight excluding hydrogens is 216 g/mol. The van der Waals surface area contributed by atoms with Gasteiger partial charge in [-0.3, -0.25) is 0 Å². The summed E-state index contributed by atoms with van der Waals surface area (Å²) in [4.78, 5) is 0. The van der Waals surface area contributed by atoms with Crippen LogP contribution in [0.25, 0.3) is 0 Å². The van der Waals surface area contributed by atoms with Gasteiger partial charge in [0.15, 0.2) is 0 Å². The largest absolute Gasteiger partial charge is 0.396 e. The average Bonchev–Trinajstić information content (AvgIpc) is 3.06. The van der Waals surface area contributed by atoms with Crippen LogP contribution in [0.4, 0.5) is 0 Å². The third-order valence-electron chi connectivity index (χ3n) is 2.66.